The van der Waals surface area contributed by atoms with E-state index in [0.717, 1.165) is 0 Å². The van der Waals surface area contributed by atoms with Gasteiger partial charge >= 0.3 is 0 Å². The number of aromatic hydroxyl groups is 6. The molecule has 3 fully saturated rings. The molecule has 4 aromatic carbocycles. The molecule has 0 bridgehead atoms. The van der Waals surface area contributed by atoms with Crippen molar-refractivity contribution < 1.29 is 85.7 Å². The summed E-state index contributed by atoms with van der Waals surface area (Å²) in [7, 11) is 0. The van der Waals surface area contributed by atoms with Gasteiger partial charge in [-0.1, -0.05) is 24.3 Å². The predicted molar refractivity (Wildman–Crippen MR) is 193 cm³/mol. The fourth-order valence-corrected chi connectivity index (χ4v) is 8.30. The number of hydrogen-bond donors (Lipinski definition) is 14. The summed E-state index contributed by atoms with van der Waals surface area (Å²) in [5.41, 5.74) is 0.711. The Morgan fingerprint density at radius 2 is 0.684 bits per heavy atom. The third-order valence-electron chi connectivity index (χ3n) is 11.2. The van der Waals surface area contributed by atoms with Crippen LogP contribution < -0.4 is 0 Å². The van der Waals surface area contributed by atoms with E-state index in [4.69, 9.17) is 14.2 Å². The first-order valence-electron chi connectivity index (χ1n) is 18.1. The van der Waals surface area contributed by atoms with E-state index >= 15 is 0 Å². The molecule has 0 spiro atoms. The highest BCUT2D eigenvalue weighted by Gasteiger charge is 2.51. The second-order valence-corrected chi connectivity index (χ2v) is 14.7. The smallest absolute Gasteiger partial charge is 0.125 e. The fourth-order valence-electron chi connectivity index (χ4n) is 8.30. The van der Waals surface area contributed by atoms with Crippen molar-refractivity contribution in [2.24, 2.45) is 0 Å². The summed E-state index contributed by atoms with van der Waals surface area (Å²) < 4.78 is 18.0. The molecule has 17 nitrogen and oxygen atoms in total. The van der Waals surface area contributed by atoms with Gasteiger partial charge < -0.3 is 85.7 Å². The van der Waals surface area contributed by atoms with Crippen LogP contribution in [0.4, 0.5) is 0 Å². The van der Waals surface area contributed by atoms with Crippen molar-refractivity contribution in [1.82, 2.24) is 0 Å². The molecule has 57 heavy (non-hydrogen) atoms. The van der Waals surface area contributed by atoms with Gasteiger partial charge in [0.15, 0.2) is 0 Å². The van der Waals surface area contributed by atoms with Crippen molar-refractivity contribution in [1.29, 1.82) is 0 Å². The summed E-state index contributed by atoms with van der Waals surface area (Å²) in [4.78, 5) is 0. The van der Waals surface area contributed by atoms with Crippen LogP contribution in [0.1, 0.15) is 69.6 Å². The first-order chi connectivity index (χ1) is 27.1. The lowest BCUT2D eigenvalue weighted by atomic mass is 9.74. The van der Waals surface area contributed by atoms with Crippen LogP contribution in [0.15, 0.2) is 72.8 Å². The van der Waals surface area contributed by atoms with E-state index in [1.807, 2.05) is 0 Å². The molecule has 306 valence electrons. The molecule has 0 radical (unpaired) electrons. The number of hydrogen-bond acceptors (Lipinski definition) is 17. The SMILES string of the molecule is OC[C@@H]1O[C@H](c2c(O)cc([C@H]3[C@@H](c4cc(O)c([C@@H]5O[C@H](CO)[C@H](O)[C@H](O)[C@@H]5O)c(O)c4)[C@@H](c4ccc(O)cc4)O[C@H]3c3ccc(O)cc3)cc2O)[C@H](O)[C@@H](O)[C@H]1O. The lowest BCUT2D eigenvalue weighted by Crippen LogP contribution is -2.55. The minimum Gasteiger partial charge on any atom is -0.508 e. The minimum atomic E-state index is -1.84. The van der Waals surface area contributed by atoms with Gasteiger partial charge in [0.1, 0.15) is 95.5 Å². The number of phenols is 6. The highest BCUT2D eigenvalue weighted by atomic mass is 16.6. The summed E-state index contributed by atoms with van der Waals surface area (Å²) >= 11 is 0. The average Bonchev–Trinajstić information content (AvgIpc) is 3.58. The quantitative estimate of drug-likeness (QED) is 0.114. The van der Waals surface area contributed by atoms with Crippen LogP contribution in [0.2, 0.25) is 0 Å². The molecule has 17 heteroatoms. The van der Waals surface area contributed by atoms with Gasteiger partial charge in [-0.05, 0) is 70.8 Å². The van der Waals surface area contributed by atoms with Crippen LogP contribution in [0.25, 0.3) is 0 Å². The van der Waals surface area contributed by atoms with Gasteiger partial charge in [-0.3, -0.25) is 0 Å². The molecule has 3 aliphatic heterocycles. The van der Waals surface area contributed by atoms with Crippen LogP contribution in [-0.2, 0) is 14.2 Å². The van der Waals surface area contributed by atoms with Crippen LogP contribution >= 0.6 is 0 Å². The van der Waals surface area contributed by atoms with E-state index in [1.54, 1.807) is 24.3 Å². The van der Waals surface area contributed by atoms with E-state index in [2.05, 4.69) is 0 Å². The van der Waals surface area contributed by atoms with Gasteiger partial charge in [0, 0.05) is 11.8 Å². The topological polar surface area (TPSA) is 311 Å². The highest BCUT2D eigenvalue weighted by molar-refractivity contribution is 5.55. The summed E-state index contributed by atoms with van der Waals surface area (Å²) in [5.74, 6) is -4.46. The Kier molecular flexibility index (Phi) is 11.3. The lowest BCUT2D eigenvalue weighted by Gasteiger charge is -2.40. The summed E-state index contributed by atoms with van der Waals surface area (Å²) in [6, 6.07) is 17.0. The fraction of sp³-hybridized carbons (Fsp3) is 0.400. The molecule has 14 N–H and O–H groups in total. The van der Waals surface area contributed by atoms with Gasteiger partial charge in [-0.25, -0.2) is 0 Å². The van der Waals surface area contributed by atoms with E-state index in [1.165, 1.54) is 48.5 Å². The standard InChI is InChI=1S/C40H44O17/c41-13-25-31(49)33(51)35(53)39(55-25)29-21(45)9-17(10-22(29)46)27-28(38(16-3-7-20(44)8-4-16)57-37(27)15-1-5-19(43)6-2-15)18-11-23(47)30(24(48)12-18)40-36(54)34(52)32(50)26(14-42)56-40/h1-12,25-28,31-54H,13-14H2/t25-,26+,27-,28+,31-,32-,33-,34-,35+,36-,37-,38+,39+,40-/m0/s1. The van der Waals surface area contributed by atoms with Crippen molar-refractivity contribution in [3.63, 3.8) is 0 Å². The van der Waals surface area contributed by atoms with E-state index in [9.17, 15) is 71.5 Å². The Bertz CT molecular complexity index is 1850. The number of ether oxygens (including phenoxy) is 3. The monoisotopic (exact) mass is 796 g/mol. The molecule has 0 unspecified atom stereocenters. The number of aliphatic hydroxyl groups excluding tert-OH is 8. The first kappa shape index (κ1) is 40.4. The van der Waals surface area contributed by atoms with Gasteiger partial charge in [0.25, 0.3) is 0 Å². The van der Waals surface area contributed by atoms with Crippen LogP contribution in [-0.4, -0.2) is 134 Å². The molecule has 3 saturated heterocycles. The van der Waals surface area contributed by atoms with Crippen molar-refractivity contribution in [2.75, 3.05) is 13.2 Å². The second kappa shape index (κ2) is 15.9. The Morgan fingerprint density at radius 3 is 0.982 bits per heavy atom. The van der Waals surface area contributed by atoms with Crippen LogP contribution in [0, 0.1) is 0 Å². The molecule has 14 atom stereocenters. The van der Waals surface area contributed by atoms with E-state index in [0.29, 0.717) is 11.1 Å². The van der Waals surface area contributed by atoms with E-state index in [-0.39, 0.29) is 33.8 Å². The number of benzene rings is 4. The largest absolute Gasteiger partial charge is 0.508 e. The first-order valence-corrected chi connectivity index (χ1v) is 18.1. The summed E-state index contributed by atoms with van der Waals surface area (Å²) in [5, 5.41) is 149. The Hall–Kier alpha value is -4.76. The Labute approximate surface area is 324 Å². The minimum absolute atomic E-state index is 0.0577. The molecule has 0 aliphatic carbocycles. The normalized spacial score (nSPS) is 34.3. The Balaban J connectivity index is 1.39. The number of rotatable bonds is 8. The molecule has 0 amide bonds. The second-order valence-electron chi connectivity index (χ2n) is 14.7. The highest BCUT2D eigenvalue weighted by Crippen LogP contribution is 2.61. The third-order valence-corrected chi connectivity index (χ3v) is 11.2. The molecular weight excluding hydrogens is 752 g/mol. The van der Waals surface area contributed by atoms with Gasteiger partial charge in [-0.15, -0.1) is 0 Å². The summed E-state index contributed by atoms with van der Waals surface area (Å²) in [6.45, 7) is -1.52. The van der Waals surface area contributed by atoms with Crippen molar-refractivity contribution >= 4 is 0 Å². The predicted octanol–water partition coefficient (Wildman–Crippen LogP) is 0.330. The zero-order valence-corrected chi connectivity index (χ0v) is 29.9. The van der Waals surface area contributed by atoms with Crippen molar-refractivity contribution in [3.05, 3.63) is 106 Å². The maximum absolute atomic E-state index is 11.5. The van der Waals surface area contributed by atoms with Gasteiger partial charge in [0.05, 0.1) is 36.5 Å². The lowest BCUT2D eigenvalue weighted by molar-refractivity contribution is -0.232. The zero-order valence-electron chi connectivity index (χ0n) is 29.9. The van der Waals surface area contributed by atoms with Crippen molar-refractivity contribution in [2.45, 2.75) is 85.1 Å². The summed E-state index contributed by atoms with van der Waals surface area (Å²) in [6.07, 6.45) is -18.6. The molecule has 0 aromatic heterocycles. The van der Waals surface area contributed by atoms with Crippen LogP contribution in [0.3, 0.4) is 0 Å². The maximum atomic E-state index is 11.5. The van der Waals surface area contributed by atoms with Crippen molar-refractivity contribution in [3.8, 4) is 34.5 Å². The zero-order chi connectivity index (χ0) is 41.0. The van der Waals surface area contributed by atoms with Gasteiger partial charge in [0.2, 0.25) is 0 Å². The molecule has 3 heterocycles. The number of aliphatic hydroxyl groups is 8. The molecule has 7 rings (SSSR count). The third kappa shape index (κ3) is 7.21. The Morgan fingerprint density at radius 1 is 0.368 bits per heavy atom. The maximum Gasteiger partial charge on any atom is 0.125 e. The molecule has 3 aliphatic rings. The van der Waals surface area contributed by atoms with Crippen LogP contribution in [0.5, 0.6) is 34.5 Å². The molecular formula is C40H44O17. The van der Waals surface area contributed by atoms with Gasteiger partial charge in [-0.2, -0.15) is 0 Å². The van der Waals surface area contributed by atoms with E-state index < -0.39 is 121 Å². The number of phenolic OH excluding ortho intramolecular Hbond substituents is 6. The average molecular weight is 797 g/mol. The molecule has 4 aromatic rings. The molecule has 0 saturated carbocycles.